The fourth-order valence-corrected chi connectivity index (χ4v) is 3.47. The summed E-state index contributed by atoms with van der Waals surface area (Å²) in [5.41, 5.74) is 8.03. The molecule has 1 aliphatic rings. The summed E-state index contributed by atoms with van der Waals surface area (Å²) < 4.78 is 12.0. The maximum atomic E-state index is 11.8. The largest absolute Gasteiger partial charge is 0.485 e. The van der Waals surface area contributed by atoms with Crippen molar-refractivity contribution in [1.29, 1.82) is 0 Å². The van der Waals surface area contributed by atoms with E-state index in [1.54, 1.807) is 12.1 Å². The summed E-state index contributed by atoms with van der Waals surface area (Å²) in [6, 6.07) is 17.8. The summed E-state index contributed by atoms with van der Waals surface area (Å²) in [5, 5.41) is 11.3. The van der Waals surface area contributed by atoms with Crippen LogP contribution in [0.1, 0.15) is 30.1 Å². The molecular weight excluding hydrogens is 410 g/mol. The Morgan fingerprint density at radius 1 is 1.19 bits per heavy atom. The molecule has 0 saturated heterocycles. The number of carboxylic acid groups (broad SMARTS) is 1. The lowest BCUT2D eigenvalue weighted by Crippen LogP contribution is -2.34. The van der Waals surface area contributed by atoms with Crippen LogP contribution in [0.3, 0.4) is 0 Å². The van der Waals surface area contributed by atoms with Crippen molar-refractivity contribution in [1.82, 2.24) is 4.98 Å². The molecule has 4 N–H and O–H groups in total. The number of benzene rings is 2. The number of carboxylic acids is 1. The fourth-order valence-electron chi connectivity index (χ4n) is 3.47. The van der Waals surface area contributed by atoms with Crippen LogP contribution in [-0.4, -0.2) is 28.0 Å². The predicted octanol–water partition coefficient (Wildman–Crippen LogP) is 3.68. The van der Waals surface area contributed by atoms with E-state index in [4.69, 9.17) is 20.3 Å². The van der Waals surface area contributed by atoms with E-state index in [9.17, 15) is 9.59 Å². The number of aliphatic carboxylic acids is 1. The van der Waals surface area contributed by atoms with Gasteiger partial charge < -0.3 is 25.6 Å². The first kappa shape index (κ1) is 21.3. The highest BCUT2D eigenvalue weighted by atomic mass is 16.5. The first-order valence-corrected chi connectivity index (χ1v) is 10.2. The molecule has 0 spiro atoms. The van der Waals surface area contributed by atoms with Gasteiger partial charge in [-0.15, -0.1) is 0 Å². The van der Waals surface area contributed by atoms with Crippen molar-refractivity contribution < 1.29 is 24.2 Å². The third kappa shape index (κ3) is 5.22. The normalized spacial score (nSPS) is 15.7. The lowest BCUT2D eigenvalue weighted by Gasteiger charge is -2.26. The topological polar surface area (TPSA) is 124 Å². The lowest BCUT2D eigenvalue weighted by molar-refractivity contribution is -0.140. The van der Waals surface area contributed by atoms with E-state index in [0.29, 0.717) is 17.3 Å². The number of rotatable bonds is 7. The molecule has 1 aliphatic heterocycles. The molecular formula is C24H23N3O5. The Morgan fingerprint density at radius 3 is 2.72 bits per heavy atom. The zero-order chi connectivity index (χ0) is 22.5. The summed E-state index contributed by atoms with van der Waals surface area (Å²) in [7, 11) is 0. The highest BCUT2D eigenvalue weighted by Gasteiger charge is 2.22. The molecule has 1 unspecified atom stereocenters. The lowest BCUT2D eigenvalue weighted by atomic mass is 9.97. The number of anilines is 1. The number of amides is 1. The van der Waals surface area contributed by atoms with Crippen molar-refractivity contribution in [2.75, 3.05) is 5.32 Å². The van der Waals surface area contributed by atoms with Gasteiger partial charge in [-0.1, -0.05) is 30.3 Å². The highest BCUT2D eigenvalue weighted by molar-refractivity contribution is 5.93. The van der Waals surface area contributed by atoms with Gasteiger partial charge in [0.15, 0.2) is 0 Å². The molecule has 8 nitrogen and oxygen atoms in total. The molecule has 164 valence electrons. The molecule has 1 aromatic heterocycles. The number of pyridine rings is 1. The minimum atomic E-state index is -1.25. The van der Waals surface area contributed by atoms with Crippen LogP contribution >= 0.6 is 0 Å². The van der Waals surface area contributed by atoms with Gasteiger partial charge in [0.1, 0.15) is 23.6 Å². The number of hydrogen-bond acceptors (Lipinski definition) is 6. The third-order valence-corrected chi connectivity index (χ3v) is 5.11. The number of fused-ring (bicyclic) bond motifs is 1. The molecule has 0 bridgehead atoms. The van der Waals surface area contributed by atoms with Crippen molar-refractivity contribution in [3.05, 3.63) is 78.0 Å². The van der Waals surface area contributed by atoms with Crippen molar-refractivity contribution >= 4 is 17.6 Å². The number of nitrogens with one attached hydrogen (secondary N) is 1. The van der Waals surface area contributed by atoms with Crippen molar-refractivity contribution in [3.8, 4) is 17.4 Å². The fraction of sp³-hybridized carbons (Fsp3) is 0.208. The van der Waals surface area contributed by atoms with Crippen LogP contribution in [0, 0.1) is 0 Å². The molecule has 3 aromatic rings. The Hall–Kier alpha value is -3.91. The minimum Gasteiger partial charge on any atom is -0.485 e. The maximum Gasteiger partial charge on any atom is 0.321 e. The van der Waals surface area contributed by atoms with E-state index in [2.05, 4.69) is 22.4 Å². The Bertz CT molecular complexity index is 1100. The van der Waals surface area contributed by atoms with E-state index >= 15 is 0 Å². The minimum absolute atomic E-state index is 0.0462. The molecule has 0 radical (unpaired) electrons. The van der Waals surface area contributed by atoms with Crippen LogP contribution in [0.25, 0.3) is 0 Å². The van der Waals surface area contributed by atoms with Gasteiger partial charge in [0, 0.05) is 6.07 Å². The zero-order valence-corrected chi connectivity index (χ0v) is 17.2. The highest BCUT2D eigenvalue weighted by Crippen LogP contribution is 2.37. The number of carbonyl (C=O) groups excluding carboxylic acids is 1. The van der Waals surface area contributed by atoms with E-state index in [1.807, 2.05) is 36.4 Å². The first-order chi connectivity index (χ1) is 15.5. The molecule has 8 heteroatoms. The monoisotopic (exact) mass is 433 g/mol. The van der Waals surface area contributed by atoms with Gasteiger partial charge in [-0.25, -0.2) is 4.98 Å². The second kappa shape index (κ2) is 9.49. The number of hydrogen-bond donors (Lipinski definition) is 3. The quantitative estimate of drug-likeness (QED) is 0.519. The second-order valence-corrected chi connectivity index (χ2v) is 7.51. The molecule has 32 heavy (non-hydrogen) atoms. The number of aryl methyl sites for hydroxylation is 1. The van der Waals surface area contributed by atoms with Crippen molar-refractivity contribution in [2.24, 2.45) is 5.73 Å². The summed E-state index contributed by atoms with van der Waals surface area (Å²) in [4.78, 5) is 26.8. The SMILES string of the molecule is NC(CC(=O)Nc1ccc(Oc2ccc3c(c2)CC[C@@H](c2ccccc2)O3)nc1)C(=O)O. The van der Waals surface area contributed by atoms with Crippen LogP contribution < -0.4 is 20.5 Å². The molecule has 4 rings (SSSR count). The Morgan fingerprint density at radius 2 is 2.00 bits per heavy atom. The van der Waals surface area contributed by atoms with Gasteiger partial charge in [0.05, 0.1) is 18.3 Å². The smallest absolute Gasteiger partial charge is 0.321 e. The van der Waals surface area contributed by atoms with Crippen molar-refractivity contribution in [3.63, 3.8) is 0 Å². The first-order valence-electron chi connectivity index (χ1n) is 10.2. The van der Waals surface area contributed by atoms with E-state index in [0.717, 1.165) is 24.2 Å². The van der Waals surface area contributed by atoms with Crippen LogP contribution in [0.15, 0.2) is 66.9 Å². The Balaban J connectivity index is 1.36. The average molecular weight is 433 g/mol. The summed E-state index contributed by atoms with van der Waals surface area (Å²) in [6.07, 6.45) is 2.92. The number of aromatic nitrogens is 1. The van der Waals surface area contributed by atoms with Crippen LogP contribution in [0.5, 0.6) is 17.4 Å². The summed E-state index contributed by atoms with van der Waals surface area (Å²) in [5.74, 6) is 0.126. The van der Waals surface area contributed by atoms with Gasteiger partial charge in [0.25, 0.3) is 0 Å². The molecule has 2 aromatic carbocycles. The van der Waals surface area contributed by atoms with Crippen LogP contribution in [0.2, 0.25) is 0 Å². The molecule has 0 aliphatic carbocycles. The van der Waals surface area contributed by atoms with Crippen molar-refractivity contribution in [2.45, 2.75) is 31.4 Å². The zero-order valence-electron chi connectivity index (χ0n) is 17.2. The number of nitrogens with two attached hydrogens (primary N) is 1. The molecule has 2 heterocycles. The predicted molar refractivity (Wildman–Crippen MR) is 118 cm³/mol. The van der Waals surface area contributed by atoms with E-state index < -0.39 is 17.9 Å². The Kier molecular flexibility index (Phi) is 6.32. The van der Waals surface area contributed by atoms with Gasteiger partial charge in [-0.3, -0.25) is 9.59 Å². The average Bonchev–Trinajstić information content (AvgIpc) is 2.80. The second-order valence-electron chi connectivity index (χ2n) is 7.51. The molecule has 2 atom stereocenters. The van der Waals surface area contributed by atoms with E-state index in [1.165, 1.54) is 11.8 Å². The van der Waals surface area contributed by atoms with Crippen LogP contribution in [-0.2, 0) is 16.0 Å². The van der Waals surface area contributed by atoms with Crippen LogP contribution in [0.4, 0.5) is 5.69 Å². The van der Waals surface area contributed by atoms with Gasteiger partial charge in [0.2, 0.25) is 11.8 Å². The van der Waals surface area contributed by atoms with Gasteiger partial charge >= 0.3 is 5.97 Å². The van der Waals surface area contributed by atoms with E-state index in [-0.39, 0.29) is 12.5 Å². The number of ether oxygens (including phenoxy) is 2. The molecule has 0 fully saturated rings. The van der Waals surface area contributed by atoms with Gasteiger partial charge in [-0.05, 0) is 48.2 Å². The number of nitrogens with zero attached hydrogens (tertiary/aromatic N) is 1. The molecule has 1 amide bonds. The Labute approximate surface area is 185 Å². The van der Waals surface area contributed by atoms with Gasteiger partial charge in [-0.2, -0.15) is 0 Å². The number of carbonyl (C=O) groups is 2. The molecule has 0 saturated carbocycles. The third-order valence-electron chi connectivity index (χ3n) is 5.11. The maximum absolute atomic E-state index is 11.8. The standard InChI is InChI=1S/C24H23N3O5/c25-19(24(29)30)13-22(28)27-17-7-11-23(26-14-17)31-18-8-10-21-16(12-18)6-9-20(32-21)15-4-2-1-3-5-15/h1-5,7-8,10-12,14,19-20H,6,9,13,25H2,(H,27,28)(H,29,30)/t19?,20-/m0/s1. The summed E-state index contributed by atoms with van der Waals surface area (Å²) in [6.45, 7) is 0. The summed E-state index contributed by atoms with van der Waals surface area (Å²) >= 11 is 0.